The molecule has 0 saturated carbocycles. The van der Waals surface area contributed by atoms with Gasteiger partial charge in [-0.05, 0) is 18.2 Å². The first-order valence-corrected chi connectivity index (χ1v) is 6.87. The van der Waals surface area contributed by atoms with Crippen molar-refractivity contribution in [2.45, 2.75) is 26.4 Å². The predicted octanol–water partition coefficient (Wildman–Crippen LogP) is 4.26. The number of oxazole rings is 1. The number of benzene rings is 1. The van der Waals surface area contributed by atoms with E-state index in [0.717, 1.165) is 10.0 Å². The number of nitrogens with one attached hydrogen (secondary N) is 1. The van der Waals surface area contributed by atoms with Crippen LogP contribution in [0.5, 0.6) is 0 Å². The lowest BCUT2D eigenvalue weighted by molar-refractivity contribution is 0.459. The fourth-order valence-electron chi connectivity index (χ4n) is 1.49. The zero-order chi connectivity index (χ0) is 13.1. The van der Waals surface area contributed by atoms with E-state index in [0.29, 0.717) is 29.3 Å². The first kappa shape index (κ1) is 13.6. The van der Waals surface area contributed by atoms with E-state index in [4.69, 9.17) is 16.0 Å². The van der Waals surface area contributed by atoms with Crippen LogP contribution in [0.4, 0.5) is 0 Å². The molecule has 2 aromatic rings. The summed E-state index contributed by atoms with van der Waals surface area (Å²) in [7, 11) is 0. The molecule has 3 nitrogen and oxygen atoms in total. The van der Waals surface area contributed by atoms with Crippen molar-refractivity contribution in [3.63, 3.8) is 0 Å². The minimum absolute atomic E-state index is 0.401. The van der Waals surface area contributed by atoms with Crippen molar-refractivity contribution >= 4 is 27.5 Å². The molecule has 0 aliphatic heterocycles. The molecule has 0 aliphatic carbocycles. The van der Waals surface area contributed by atoms with E-state index in [2.05, 4.69) is 40.1 Å². The van der Waals surface area contributed by atoms with E-state index in [9.17, 15) is 0 Å². The van der Waals surface area contributed by atoms with Crippen LogP contribution < -0.4 is 5.32 Å². The summed E-state index contributed by atoms with van der Waals surface area (Å²) < 4.78 is 6.63. The minimum atomic E-state index is 0.401. The summed E-state index contributed by atoms with van der Waals surface area (Å²) in [4.78, 5) is 4.24. The van der Waals surface area contributed by atoms with Crippen LogP contribution in [0.3, 0.4) is 0 Å². The molecule has 0 saturated heterocycles. The number of rotatable bonds is 4. The van der Waals surface area contributed by atoms with Gasteiger partial charge in [0.15, 0.2) is 5.76 Å². The maximum Gasteiger partial charge on any atom is 0.208 e. The van der Waals surface area contributed by atoms with Crippen molar-refractivity contribution in [1.29, 1.82) is 0 Å². The highest BCUT2D eigenvalue weighted by Gasteiger charge is 2.10. The first-order valence-electron chi connectivity index (χ1n) is 5.70. The SMILES string of the molecule is CC(C)NCc1ncc(-c2cc(Cl)ccc2Br)o1. The number of nitrogens with zero attached hydrogens (tertiary/aromatic N) is 1. The topological polar surface area (TPSA) is 38.1 Å². The molecular weight excluding hydrogens is 316 g/mol. The van der Waals surface area contributed by atoms with Gasteiger partial charge in [-0.25, -0.2) is 4.98 Å². The molecule has 0 unspecified atom stereocenters. The quantitative estimate of drug-likeness (QED) is 0.911. The molecule has 96 valence electrons. The Labute approximate surface area is 120 Å². The van der Waals surface area contributed by atoms with Crippen LogP contribution in [0.25, 0.3) is 11.3 Å². The summed E-state index contributed by atoms with van der Waals surface area (Å²) in [5.41, 5.74) is 0.908. The van der Waals surface area contributed by atoms with Gasteiger partial charge in [0.2, 0.25) is 5.89 Å². The van der Waals surface area contributed by atoms with E-state index in [1.807, 2.05) is 18.2 Å². The average Bonchev–Trinajstić information content (AvgIpc) is 2.78. The maximum absolute atomic E-state index is 5.98. The highest BCUT2D eigenvalue weighted by molar-refractivity contribution is 9.10. The summed E-state index contributed by atoms with van der Waals surface area (Å²) in [6, 6.07) is 5.98. The normalized spacial score (nSPS) is 11.2. The molecule has 1 aromatic heterocycles. The fraction of sp³-hybridized carbons (Fsp3) is 0.308. The molecule has 0 fully saturated rings. The molecule has 1 N–H and O–H groups in total. The third-order valence-corrected chi connectivity index (χ3v) is 3.34. The van der Waals surface area contributed by atoms with Gasteiger partial charge in [0, 0.05) is 21.1 Å². The van der Waals surface area contributed by atoms with Crippen LogP contribution in [0, 0.1) is 0 Å². The standard InChI is InChI=1S/C13H14BrClN2O/c1-8(2)16-7-13-17-6-12(18-13)10-5-9(15)3-4-11(10)14/h3-6,8,16H,7H2,1-2H3. The van der Waals surface area contributed by atoms with Crippen LogP contribution in [0.15, 0.2) is 33.3 Å². The zero-order valence-corrected chi connectivity index (χ0v) is 12.5. The van der Waals surface area contributed by atoms with Crippen molar-refractivity contribution < 1.29 is 4.42 Å². The Morgan fingerprint density at radius 1 is 1.44 bits per heavy atom. The van der Waals surface area contributed by atoms with Gasteiger partial charge in [0.25, 0.3) is 0 Å². The van der Waals surface area contributed by atoms with E-state index in [-0.39, 0.29) is 0 Å². The number of hydrogen-bond donors (Lipinski definition) is 1. The summed E-state index contributed by atoms with van der Waals surface area (Å²) in [6.45, 7) is 4.78. The second kappa shape index (κ2) is 5.87. The molecule has 18 heavy (non-hydrogen) atoms. The van der Waals surface area contributed by atoms with Crippen molar-refractivity contribution in [1.82, 2.24) is 10.3 Å². The Bertz CT molecular complexity index is 540. The Morgan fingerprint density at radius 3 is 2.94 bits per heavy atom. The lowest BCUT2D eigenvalue weighted by atomic mass is 10.2. The lowest BCUT2D eigenvalue weighted by Gasteiger charge is -2.04. The number of hydrogen-bond acceptors (Lipinski definition) is 3. The van der Waals surface area contributed by atoms with Gasteiger partial charge in [-0.3, -0.25) is 0 Å². The lowest BCUT2D eigenvalue weighted by Crippen LogP contribution is -2.21. The predicted molar refractivity (Wildman–Crippen MR) is 76.6 cm³/mol. The van der Waals surface area contributed by atoms with Gasteiger partial charge in [-0.15, -0.1) is 0 Å². The summed E-state index contributed by atoms with van der Waals surface area (Å²) in [5, 5.41) is 3.93. The molecule has 0 spiro atoms. The monoisotopic (exact) mass is 328 g/mol. The third-order valence-electron chi connectivity index (χ3n) is 2.41. The molecule has 5 heteroatoms. The van der Waals surface area contributed by atoms with Crippen molar-refractivity contribution in [3.05, 3.63) is 39.8 Å². The summed E-state index contributed by atoms with van der Waals surface area (Å²) in [5.74, 6) is 1.38. The van der Waals surface area contributed by atoms with Gasteiger partial charge in [0.1, 0.15) is 0 Å². The van der Waals surface area contributed by atoms with E-state index in [1.165, 1.54) is 0 Å². The third kappa shape index (κ3) is 3.34. The molecule has 0 bridgehead atoms. The Morgan fingerprint density at radius 2 is 2.22 bits per heavy atom. The maximum atomic E-state index is 5.98. The van der Waals surface area contributed by atoms with E-state index >= 15 is 0 Å². The molecular formula is C13H14BrClN2O. The number of halogens is 2. The Hall–Kier alpha value is -0.840. The van der Waals surface area contributed by atoms with Crippen LogP contribution in [-0.2, 0) is 6.54 Å². The highest BCUT2D eigenvalue weighted by atomic mass is 79.9. The molecule has 1 heterocycles. The van der Waals surface area contributed by atoms with Crippen LogP contribution in [-0.4, -0.2) is 11.0 Å². The van der Waals surface area contributed by atoms with Crippen LogP contribution in [0.1, 0.15) is 19.7 Å². The van der Waals surface area contributed by atoms with E-state index < -0.39 is 0 Å². The van der Waals surface area contributed by atoms with Gasteiger partial charge in [-0.2, -0.15) is 0 Å². The molecule has 0 radical (unpaired) electrons. The second-order valence-electron chi connectivity index (χ2n) is 4.28. The van der Waals surface area contributed by atoms with Gasteiger partial charge < -0.3 is 9.73 Å². The van der Waals surface area contributed by atoms with Gasteiger partial charge in [-0.1, -0.05) is 41.4 Å². The second-order valence-corrected chi connectivity index (χ2v) is 5.57. The van der Waals surface area contributed by atoms with Crippen LogP contribution in [0.2, 0.25) is 5.02 Å². The van der Waals surface area contributed by atoms with Gasteiger partial charge >= 0.3 is 0 Å². The molecule has 2 rings (SSSR count). The van der Waals surface area contributed by atoms with Crippen molar-refractivity contribution in [2.24, 2.45) is 0 Å². The van der Waals surface area contributed by atoms with Crippen molar-refractivity contribution in [2.75, 3.05) is 0 Å². The van der Waals surface area contributed by atoms with Crippen molar-refractivity contribution in [3.8, 4) is 11.3 Å². The summed E-state index contributed by atoms with van der Waals surface area (Å²) in [6.07, 6.45) is 1.72. The minimum Gasteiger partial charge on any atom is -0.439 e. The number of aromatic nitrogens is 1. The van der Waals surface area contributed by atoms with Crippen LogP contribution >= 0.6 is 27.5 Å². The zero-order valence-electron chi connectivity index (χ0n) is 10.2. The fourth-order valence-corrected chi connectivity index (χ4v) is 2.11. The Balaban J connectivity index is 2.21. The molecule has 0 amide bonds. The first-order chi connectivity index (χ1) is 8.56. The molecule has 0 aliphatic rings. The average molecular weight is 330 g/mol. The smallest absolute Gasteiger partial charge is 0.208 e. The largest absolute Gasteiger partial charge is 0.439 e. The van der Waals surface area contributed by atoms with E-state index in [1.54, 1.807) is 6.20 Å². The van der Waals surface area contributed by atoms with Gasteiger partial charge in [0.05, 0.1) is 12.7 Å². The Kier molecular flexibility index (Phi) is 4.43. The summed E-state index contributed by atoms with van der Waals surface area (Å²) >= 11 is 9.46. The molecule has 1 aromatic carbocycles. The highest BCUT2D eigenvalue weighted by Crippen LogP contribution is 2.31. The molecule has 0 atom stereocenters.